The van der Waals surface area contributed by atoms with Gasteiger partial charge >= 0.3 is 0 Å². The maximum atomic E-state index is 11.8. The Morgan fingerprint density at radius 2 is 2.05 bits per heavy atom. The van der Waals surface area contributed by atoms with E-state index in [9.17, 15) is 8.42 Å². The van der Waals surface area contributed by atoms with Gasteiger partial charge in [-0.15, -0.1) is 0 Å². The minimum Gasteiger partial charge on any atom is -0.330 e. The van der Waals surface area contributed by atoms with Gasteiger partial charge < -0.3 is 9.88 Å². The largest absolute Gasteiger partial charge is 0.330 e. The Kier molecular flexibility index (Phi) is 3.62. The van der Waals surface area contributed by atoms with Crippen LogP contribution in [0.15, 0.2) is 12.5 Å². The number of imidazole rings is 1. The fourth-order valence-electron chi connectivity index (χ4n) is 3.27. The summed E-state index contributed by atoms with van der Waals surface area (Å²) in [5.74, 6) is 1.15. The summed E-state index contributed by atoms with van der Waals surface area (Å²) in [4.78, 5) is 4.27. The Hall–Kier alpha value is -0.880. The molecule has 0 saturated carbocycles. The third-order valence-corrected chi connectivity index (χ3v) is 6.09. The van der Waals surface area contributed by atoms with Crippen molar-refractivity contribution in [1.82, 2.24) is 14.9 Å². The lowest BCUT2D eigenvalue weighted by atomic mass is 9.94. The first kappa shape index (κ1) is 13.1. The van der Waals surface area contributed by atoms with E-state index < -0.39 is 9.84 Å². The highest BCUT2D eigenvalue weighted by Crippen LogP contribution is 2.30. The highest BCUT2D eigenvalue weighted by Gasteiger charge is 2.29. The van der Waals surface area contributed by atoms with Crippen LogP contribution in [0, 0.1) is 0 Å². The molecule has 6 heteroatoms. The predicted molar refractivity (Wildman–Crippen MR) is 74.0 cm³/mol. The average molecular weight is 283 g/mol. The predicted octanol–water partition coefficient (Wildman–Crippen LogP) is 1.10. The minimum atomic E-state index is -2.87. The monoisotopic (exact) mass is 283 g/mol. The topological polar surface area (TPSA) is 64.0 Å². The van der Waals surface area contributed by atoms with E-state index in [0.717, 1.165) is 38.8 Å². The van der Waals surface area contributed by atoms with Crippen molar-refractivity contribution in [2.75, 3.05) is 24.6 Å². The zero-order valence-corrected chi connectivity index (χ0v) is 11.9. The van der Waals surface area contributed by atoms with Gasteiger partial charge in [-0.2, -0.15) is 0 Å². The Balaban J connectivity index is 1.83. The van der Waals surface area contributed by atoms with Crippen molar-refractivity contribution in [3.8, 4) is 0 Å². The quantitative estimate of drug-likeness (QED) is 0.883. The summed E-state index contributed by atoms with van der Waals surface area (Å²) in [7, 11) is -2.87. The smallest absolute Gasteiger partial charge is 0.152 e. The molecule has 0 radical (unpaired) electrons. The van der Waals surface area contributed by atoms with Crippen molar-refractivity contribution >= 4 is 9.84 Å². The van der Waals surface area contributed by atoms with E-state index in [0.29, 0.717) is 11.7 Å². The standard InChI is InChI=1S/C13H21N3O2S/c17-19(18)7-1-2-12(9-19)16-10-15-8-13(16)11-3-5-14-6-4-11/h8,10-12,14H,1-7,9H2. The van der Waals surface area contributed by atoms with E-state index in [4.69, 9.17) is 0 Å². The fourth-order valence-corrected chi connectivity index (χ4v) is 4.96. The minimum absolute atomic E-state index is 0.0890. The second-order valence-corrected chi connectivity index (χ2v) is 7.89. The lowest BCUT2D eigenvalue weighted by molar-refractivity contribution is 0.407. The summed E-state index contributed by atoms with van der Waals surface area (Å²) in [5, 5.41) is 3.36. The van der Waals surface area contributed by atoms with Gasteiger partial charge in [0.2, 0.25) is 0 Å². The molecule has 0 spiro atoms. The molecule has 0 aromatic carbocycles. The molecular formula is C13H21N3O2S. The van der Waals surface area contributed by atoms with Crippen molar-refractivity contribution in [3.05, 3.63) is 18.2 Å². The van der Waals surface area contributed by atoms with E-state index in [1.54, 1.807) is 0 Å². The Labute approximate surface area is 114 Å². The molecule has 2 saturated heterocycles. The number of hydrogen-bond donors (Lipinski definition) is 1. The van der Waals surface area contributed by atoms with Gasteiger partial charge in [-0.05, 0) is 38.8 Å². The van der Waals surface area contributed by atoms with Crippen LogP contribution < -0.4 is 5.32 Å². The van der Waals surface area contributed by atoms with E-state index >= 15 is 0 Å². The fraction of sp³-hybridized carbons (Fsp3) is 0.769. The molecule has 3 rings (SSSR count). The average Bonchev–Trinajstić information content (AvgIpc) is 2.88. The van der Waals surface area contributed by atoms with Crippen molar-refractivity contribution in [3.63, 3.8) is 0 Å². The van der Waals surface area contributed by atoms with Gasteiger partial charge in [-0.25, -0.2) is 13.4 Å². The summed E-state index contributed by atoms with van der Waals surface area (Å²) in [6.07, 6.45) is 7.71. The zero-order valence-electron chi connectivity index (χ0n) is 11.1. The molecule has 106 valence electrons. The van der Waals surface area contributed by atoms with Gasteiger partial charge in [0.1, 0.15) is 0 Å². The number of nitrogens with zero attached hydrogens (tertiary/aromatic N) is 2. The van der Waals surface area contributed by atoms with Crippen LogP contribution >= 0.6 is 0 Å². The highest BCUT2D eigenvalue weighted by atomic mass is 32.2. The normalized spacial score (nSPS) is 28.3. The Bertz CT molecular complexity index is 532. The molecule has 2 aliphatic rings. The van der Waals surface area contributed by atoms with Gasteiger partial charge in [-0.1, -0.05) is 0 Å². The van der Waals surface area contributed by atoms with Crippen LogP contribution in [-0.2, 0) is 9.84 Å². The van der Waals surface area contributed by atoms with E-state index in [1.165, 1.54) is 5.69 Å². The molecule has 0 amide bonds. The van der Waals surface area contributed by atoms with E-state index in [2.05, 4.69) is 14.9 Å². The van der Waals surface area contributed by atoms with Gasteiger partial charge in [-0.3, -0.25) is 0 Å². The Morgan fingerprint density at radius 3 is 2.79 bits per heavy atom. The summed E-state index contributed by atoms with van der Waals surface area (Å²) in [6, 6.07) is 0.0890. The molecule has 1 aromatic rings. The van der Waals surface area contributed by atoms with Crippen molar-refractivity contribution in [2.45, 2.75) is 37.6 Å². The molecule has 0 aliphatic carbocycles. The maximum absolute atomic E-state index is 11.8. The van der Waals surface area contributed by atoms with Crippen molar-refractivity contribution < 1.29 is 8.42 Å². The Morgan fingerprint density at radius 1 is 1.26 bits per heavy atom. The van der Waals surface area contributed by atoms with Crippen LogP contribution in [0.4, 0.5) is 0 Å². The molecule has 2 aliphatic heterocycles. The van der Waals surface area contributed by atoms with Crippen LogP contribution in [0.1, 0.15) is 43.3 Å². The molecular weight excluding hydrogens is 262 g/mol. The first-order valence-electron chi connectivity index (χ1n) is 7.08. The third-order valence-electron chi connectivity index (χ3n) is 4.29. The number of nitrogens with one attached hydrogen (secondary N) is 1. The van der Waals surface area contributed by atoms with Gasteiger partial charge in [0, 0.05) is 23.9 Å². The SMILES string of the molecule is O=S1(=O)CCCC(n2cncc2C2CCNCC2)C1. The van der Waals surface area contributed by atoms with Crippen LogP contribution in [0.2, 0.25) is 0 Å². The second-order valence-electron chi connectivity index (χ2n) is 5.66. The van der Waals surface area contributed by atoms with Crippen LogP contribution in [0.5, 0.6) is 0 Å². The summed E-state index contributed by atoms with van der Waals surface area (Å²) < 4.78 is 25.7. The van der Waals surface area contributed by atoms with Crippen LogP contribution in [-0.4, -0.2) is 42.6 Å². The molecule has 3 heterocycles. The van der Waals surface area contributed by atoms with Crippen molar-refractivity contribution in [1.29, 1.82) is 0 Å². The second kappa shape index (κ2) is 5.25. The third kappa shape index (κ3) is 2.84. The first-order chi connectivity index (χ1) is 9.16. The maximum Gasteiger partial charge on any atom is 0.152 e. The molecule has 1 atom stereocenters. The summed E-state index contributed by atoms with van der Waals surface area (Å²) in [5.41, 5.74) is 1.23. The van der Waals surface area contributed by atoms with Gasteiger partial charge in [0.25, 0.3) is 0 Å². The lowest BCUT2D eigenvalue weighted by Gasteiger charge is -2.29. The van der Waals surface area contributed by atoms with E-state index in [1.807, 2.05) is 12.5 Å². The van der Waals surface area contributed by atoms with Crippen LogP contribution in [0.3, 0.4) is 0 Å². The van der Waals surface area contributed by atoms with Gasteiger partial charge in [0.15, 0.2) is 9.84 Å². The molecule has 1 unspecified atom stereocenters. The summed E-state index contributed by atoms with van der Waals surface area (Å²) in [6.45, 7) is 2.08. The number of rotatable bonds is 2. The number of piperidine rings is 1. The number of sulfone groups is 1. The molecule has 2 fully saturated rings. The van der Waals surface area contributed by atoms with Crippen LogP contribution in [0.25, 0.3) is 0 Å². The molecule has 0 bridgehead atoms. The van der Waals surface area contributed by atoms with E-state index in [-0.39, 0.29) is 11.8 Å². The number of aromatic nitrogens is 2. The lowest BCUT2D eigenvalue weighted by Crippen LogP contribution is -2.31. The number of hydrogen-bond acceptors (Lipinski definition) is 4. The highest BCUT2D eigenvalue weighted by molar-refractivity contribution is 7.91. The molecule has 19 heavy (non-hydrogen) atoms. The van der Waals surface area contributed by atoms with Crippen molar-refractivity contribution in [2.24, 2.45) is 0 Å². The molecule has 5 nitrogen and oxygen atoms in total. The zero-order chi connectivity index (χ0) is 13.3. The molecule has 1 N–H and O–H groups in total. The first-order valence-corrected chi connectivity index (χ1v) is 8.91. The summed E-state index contributed by atoms with van der Waals surface area (Å²) >= 11 is 0. The molecule has 1 aromatic heterocycles. The van der Waals surface area contributed by atoms with Gasteiger partial charge in [0.05, 0.1) is 17.8 Å².